The van der Waals surface area contributed by atoms with Crippen LogP contribution in [-0.4, -0.2) is 13.1 Å². The summed E-state index contributed by atoms with van der Waals surface area (Å²) >= 11 is 0. The van der Waals surface area contributed by atoms with Crippen molar-refractivity contribution in [2.24, 2.45) is 17.8 Å². The zero-order valence-electron chi connectivity index (χ0n) is 10.9. The van der Waals surface area contributed by atoms with Crippen molar-refractivity contribution in [3.63, 3.8) is 0 Å². The number of hydrogen-bond donors (Lipinski definition) is 1. The third-order valence-corrected chi connectivity index (χ3v) is 3.83. The van der Waals surface area contributed by atoms with E-state index in [1.54, 1.807) is 0 Å². The first kappa shape index (κ1) is 13.0. The number of nitrogens with one attached hydrogen (secondary N) is 1. The van der Waals surface area contributed by atoms with E-state index in [0.717, 1.165) is 17.8 Å². The van der Waals surface area contributed by atoms with Gasteiger partial charge in [0.25, 0.3) is 0 Å². The summed E-state index contributed by atoms with van der Waals surface area (Å²) < 4.78 is 0. The lowest BCUT2D eigenvalue weighted by Gasteiger charge is -2.28. The summed E-state index contributed by atoms with van der Waals surface area (Å²) in [4.78, 5) is 0. The minimum Gasteiger partial charge on any atom is -0.316 e. The van der Waals surface area contributed by atoms with Crippen molar-refractivity contribution in [2.75, 3.05) is 13.1 Å². The average Bonchev–Trinajstić information content (AvgIpc) is 2.20. The third kappa shape index (κ3) is 5.55. The van der Waals surface area contributed by atoms with E-state index in [1.807, 2.05) is 0 Å². The van der Waals surface area contributed by atoms with Gasteiger partial charge in [-0.2, -0.15) is 0 Å². The molecule has 2 unspecified atom stereocenters. The lowest BCUT2D eigenvalue weighted by atomic mass is 9.80. The van der Waals surface area contributed by atoms with Crippen molar-refractivity contribution in [3.8, 4) is 0 Å². The van der Waals surface area contributed by atoms with E-state index in [9.17, 15) is 0 Å². The van der Waals surface area contributed by atoms with Crippen LogP contribution < -0.4 is 5.32 Å². The molecule has 1 nitrogen and oxygen atoms in total. The van der Waals surface area contributed by atoms with Crippen LogP contribution in [0.2, 0.25) is 0 Å². The molecule has 0 spiro atoms. The van der Waals surface area contributed by atoms with E-state index in [-0.39, 0.29) is 0 Å². The Morgan fingerprint density at radius 3 is 2.60 bits per heavy atom. The van der Waals surface area contributed by atoms with E-state index in [0.29, 0.717) is 0 Å². The summed E-state index contributed by atoms with van der Waals surface area (Å²) in [7, 11) is 0. The van der Waals surface area contributed by atoms with Crippen LogP contribution in [0, 0.1) is 17.8 Å². The zero-order chi connectivity index (χ0) is 11.1. The van der Waals surface area contributed by atoms with Gasteiger partial charge in [0.05, 0.1) is 0 Å². The van der Waals surface area contributed by atoms with Crippen LogP contribution in [0.5, 0.6) is 0 Å². The summed E-state index contributed by atoms with van der Waals surface area (Å²) in [5.74, 6) is 2.77. The second-order valence-corrected chi connectivity index (χ2v) is 5.76. The first-order chi connectivity index (χ1) is 7.20. The normalized spacial score (nSPS) is 27.2. The van der Waals surface area contributed by atoms with Crippen molar-refractivity contribution in [3.05, 3.63) is 0 Å². The van der Waals surface area contributed by atoms with Crippen molar-refractivity contribution >= 4 is 0 Å². The second kappa shape index (κ2) is 7.27. The summed E-state index contributed by atoms with van der Waals surface area (Å²) in [6.07, 6.45) is 8.55. The molecule has 1 heteroatoms. The molecule has 0 aromatic carbocycles. The highest BCUT2D eigenvalue weighted by molar-refractivity contribution is 4.73. The Balaban J connectivity index is 1.99. The molecular weight excluding hydrogens is 182 g/mol. The van der Waals surface area contributed by atoms with Gasteiger partial charge in [-0.3, -0.25) is 0 Å². The monoisotopic (exact) mass is 211 g/mol. The van der Waals surface area contributed by atoms with Crippen LogP contribution >= 0.6 is 0 Å². The van der Waals surface area contributed by atoms with Crippen LogP contribution in [0.3, 0.4) is 0 Å². The lowest BCUT2D eigenvalue weighted by Crippen LogP contribution is -2.30. The molecule has 0 heterocycles. The van der Waals surface area contributed by atoms with Gasteiger partial charge in [0, 0.05) is 0 Å². The molecule has 0 aliphatic heterocycles. The molecule has 1 rings (SSSR count). The lowest BCUT2D eigenvalue weighted by molar-refractivity contribution is 0.247. The molecule has 1 fully saturated rings. The Bertz CT molecular complexity index is 153. The molecule has 0 amide bonds. The standard InChI is InChI=1S/C14H29N/c1-12(2)7-6-10-15-11-14-9-5-4-8-13(14)3/h12-15H,4-11H2,1-3H3. The molecule has 15 heavy (non-hydrogen) atoms. The van der Waals surface area contributed by atoms with E-state index in [4.69, 9.17) is 0 Å². The second-order valence-electron chi connectivity index (χ2n) is 5.76. The van der Waals surface area contributed by atoms with Crippen LogP contribution in [0.25, 0.3) is 0 Å². The summed E-state index contributed by atoms with van der Waals surface area (Å²) in [6, 6.07) is 0. The van der Waals surface area contributed by atoms with Crippen molar-refractivity contribution in [1.82, 2.24) is 5.32 Å². The molecule has 0 aromatic rings. The Kier molecular flexibility index (Phi) is 6.31. The molecule has 2 atom stereocenters. The van der Waals surface area contributed by atoms with Gasteiger partial charge in [0.2, 0.25) is 0 Å². The Labute approximate surface area is 96.0 Å². The van der Waals surface area contributed by atoms with Crippen molar-refractivity contribution in [1.29, 1.82) is 0 Å². The van der Waals surface area contributed by atoms with Gasteiger partial charge in [-0.05, 0) is 50.1 Å². The third-order valence-electron chi connectivity index (χ3n) is 3.83. The topological polar surface area (TPSA) is 12.0 Å². The molecule has 1 aliphatic rings. The number of hydrogen-bond acceptors (Lipinski definition) is 1. The van der Waals surface area contributed by atoms with Crippen LogP contribution in [-0.2, 0) is 0 Å². The molecule has 1 aliphatic carbocycles. The highest BCUT2D eigenvalue weighted by atomic mass is 14.9. The largest absolute Gasteiger partial charge is 0.316 e. The van der Waals surface area contributed by atoms with Gasteiger partial charge < -0.3 is 5.32 Å². The van der Waals surface area contributed by atoms with Gasteiger partial charge in [-0.15, -0.1) is 0 Å². The van der Waals surface area contributed by atoms with Gasteiger partial charge in [0.15, 0.2) is 0 Å². The smallest absolute Gasteiger partial charge is 0.00180 e. The van der Waals surface area contributed by atoms with Crippen molar-refractivity contribution < 1.29 is 0 Å². The predicted molar refractivity (Wildman–Crippen MR) is 68.1 cm³/mol. The Hall–Kier alpha value is -0.0400. The fraction of sp³-hybridized carbons (Fsp3) is 1.00. The van der Waals surface area contributed by atoms with Gasteiger partial charge >= 0.3 is 0 Å². The van der Waals surface area contributed by atoms with Crippen LogP contribution in [0.4, 0.5) is 0 Å². The maximum atomic E-state index is 3.64. The quantitative estimate of drug-likeness (QED) is 0.658. The highest BCUT2D eigenvalue weighted by Gasteiger charge is 2.20. The van der Waals surface area contributed by atoms with E-state index in [2.05, 4.69) is 26.1 Å². The molecule has 0 saturated heterocycles. The van der Waals surface area contributed by atoms with E-state index >= 15 is 0 Å². The Morgan fingerprint density at radius 1 is 1.20 bits per heavy atom. The van der Waals surface area contributed by atoms with Gasteiger partial charge in [-0.1, -0.05) is 40.0 Å². The fourth-order valence-electron chi connectivity index (χ4n) is 2.62. The zero-order valence-corrected chi connectivity index (χ0v) is 10.9. The SMILES string of the molecule is CC(C)CCCNCC1CCCCC1C. The first-order valence-corrected chi connectivity index (χ1v) is 6.91. The molecule has 0 radical (unpaired) electrons. The maximum absolute atomic E-state index is 3.64. The van der Waals surface area contributed by atoms with E-state index in [1.165, 1.54) is 51.6 Å². The summed E-state index contributed by atoms with van der Waals surface area (Å²) in [5.41, 5.74) is 0. The fourth-order valence-corrected chi connectivity index (χ4v) is 2.62. The van der Waals surface area contributed by atoms with E-state index < -0.39 is 0 Å². The van der Waals surface area contributed by atoms with Crippen LogP contribution in [0.1, 0.15) is 59.3 Å². The van der Waals surface area contributed by atoms with Crippen LogP contribution in [0.15, 0.2) is 0 Å². The summed E-state index contributed by atoms with van der Waals surface area (Å²) in [5, 5.41) is 3.64. The maximum Gasteiger partial charge on any atom is -0.00180 e. The minimum absolute atomic E-state index is 0.861. The Morgan fingerprint density at radius 2 is 1.93 bits per heavy atom. The predicted octanol–water partition coefficient (Wildman–Crippen LogP) is 3.84. The molecular formula is C14H29N. The highest BCUT2D eigenvalue weighted by Crippen LogP contribution is 2.28. The molecule has 1 saturated carbocycles. The molecule has 0 bridgehead atoms. The van der Waals surface area contributed by atoms with Crippen molar-refractivity contribution in [2.45, 2.75) is 59.3 Å². The molecule has 0 aromatic heterocycles. The first-order valence-electron chi connectivity index (χ1n) is 6.91. The van der Waals surface area contributed by atoms with Gasteiger partial charge in [-0.25, -0.2) is 0 Å². The molecule has 90 valence electrons. The van der Waals surface area contributed by atoms with Gasteiger partial charge in [0.1, 0.15) is 0 Å². The molecule has 1 N–H and O–H groups in total. The average molecular weight is 211 g/mol. The number of rotatable bonds is 6. The minimum atomic E-state index is 0.861. The summed E-state index contributed by atoms with van der Waals surface area (Å²) in [6.45, 7) is 9.53.